The van der Waals surface area contributed by atoms with E-state index >= 15 is 4.79 Å². The van der Waals surface area contributed by atoms with Crippen LogP contribution in [0.25, 0.3) is 98.7 Å². The van der Waals surface area contributed by atoms with E-state index in [2.05, 4.69) is 276 Å². The molecule has 16 rings (SSSR count). The lowest BCUT2D eigenvalue weighted by atomic mass is 9.54. The van der Waals surface area contributed by atoms with Gasteiger partial charge in [0.25, 0.3) is 0 Å². The van der Waals surface area contributed by atoms with Gasteiger partial charge in [-0.25, -0.2) is 9.98 Å². The van der Waals surface area contributed by atoms with Gasteiger partial charge in [-0.05, 0) is 177 Å². The first-order valence-corrected chi connectivity index (χ1v) is 43.6. The monoisotopic (exact) mass is 1450 g/mol. The summed E-state index contributed by atoms with van der Waals surface area (Å²) in [5.74, 6) is 0.110. The fourth-order valence-electron chi connectivity index (χ4n) is 21.2. The van der Waals surface area contributed by atoms with Crippen molar-refractivity contribution in [2.75, 3.05) is 0 Å². The van der Waals surface area contributed by atoms with E-state index in [-0.39, 0.29) is 16.6 Å². The molecule has 2 spiro atoms. The van der Waals surface area contributed by atoms with E-state index < -0.39 is 21.9 Å². The van der Waals surface area contributed by atoms with Crippen molar-refractivity contribution >= 4 is 48.9 Å². The van der Waals surface area contributed by atoms with Gasteiger partial charge in [-0.2, -0.15) is 0 Å². The standard InChI is InChI=1S/C107H120N2O/c1-11-15-19-23-27-39-63-104(64-40-28-24-20-16-12-2)89-49-37-35-47-83(89)85-59-53-77(69-93(85)104)75-51-57-81-82-58-52-76(78-54-60-86-84-48-36-38-50-90(84)105(94(86)70-78,65-41-29-25-21-17-13-3)66-42-30-26-22-18-14-4)68-88(82)100-99(87(81)67-75)108-107(109-100)92-62-56-74-44-32-34-46-80(74)98(92)97-79-45-33-31-43-73(79)55-61-91(97)106(107)71-95(102(5,6)7)101(110)96(72-106)103(8,9)10/h31-38,43-62,67-72H,11-30,39-42,63-66H2,1-10H3. The van der Waals surface area contributed by atoms with E-state index in [0.29, 0.717) is 0 Å². The maximum atomic E-state index is 15.9. The number of ketones is 1. The van der Waals surface area contributed by atoms with E-state index in [1.165, 1.54) is 290 Å². The summed E-state index contributed by atoms with van der Waals surface area (Å²) < 4.78 is 0. The van der Waals surface area contributed by atoms with Crippen LogP contribution in [0.3, 0.4) is 0 Å². The minimum Gasteiger partial charge on any atom is -0.289 e. The summed E-state index contributed by atoms with van der Waals surface area (Å²) in [4.78, 5) is 29.2. The van der Waals surface area contributed by atoms with Crippen LogP contribution < -0.4 is 10.7 Å². The van der Waals surface area contributed by atoms with Gasteiger partial charge >= 0.3 is 0 Å². The van der Waals surface area contributed by atoms with Crippen LogP contribution in [0, 0.1) is 10.8 Å². The van der Waals surface area contributed by atoms with E-state index in [1.54, 1.807) is 0 Å². The molecule has 0 saturated heterocycles. The highest BCUT2D eigenvalue weighted by molar-refractivity contribution is 6.15. The smallest absolute Gasteiger partial charge is 0.194 e. The minimum absolute atomic E-state index is 0.0646. The molecule has 0 fully saturated rings. The van der Waals surface area contributed by atoms with Crippen molar-refractivity contribution in [2.24, 2.45) is 20.8 Å². The number of unbranched alkanes of at least 4 members (excludes halogenated alkanes) is 20. The molecule has 11 aromatic rings. The van der Waals surface area contributed by atoms with Crippen molar-refractivity contribution < 1.29 is 4.79 Å². The van der Waals surface area contributed by atoms with Crippen LogP contribution >= 0.6 is 0 Å². The van der Waals surface area contributed by atoms with Gasteiger partial charge in [-0.1, -0.05) is 405 Å². The average molecular weight is 1450 g/mol. The third kappa shape index (κ3) is 13.1. The Morgan fingerprint density at radius 1 is 0.291 bits per heavy atom. The topological polar surface area (TPSA) is 41.8 Å². The van der Waals surface area contributed by atoms with Crippen LogP contribution in [0.15, 0.2) is 227 Å². The summed E-state index contributed by atoms with van der Waals surface area (Å²) in [5.41, 5.74) is 19.2. The zero-order valence-corrected chi connectivity index (χ0v) is 68.2. The molecular formula is C107H120N2O. The molecule has 110 heavy (non-hydrogen) atoms. The molecule has 0 aromatic heterocycles. The van der Waals surface area contributed by atoms with Gasteiger partial charge in [-0.15, -0.1) is 0 Å². The summed E-state index contributed by atoms with van der Waals surface area (Å²) in [7, 11) is 0. The van der Waals surface area contributed by atoms with Crippen molar-refractivity contribution in [2.45, 2.75) is 271 Å². The Bertz CT molecular complexity index is 5240. The molecule has 11 aromatic carbocycles. The summed E-state index contributed by atoms with van der Waals surface area (Å²) in [6.07, 6.45) is 40.3. The van der Waals surface area contributed by atoms with Gasteiger partial charge in [0.05, 0.1) is 16.1 Å². The molecule has 0 radical (unpaired) electrons. The van der Waals surface area contributed by atoms with Gasteiger partial charge in [0.15, 0.2) is 11.4 Å². The first kappa shape index (κ1) is 75.3. The number of nitrogens with zero attached hydrogens (tertiary/aromatic N) is 2. The van der Waals surface area contributed by atoms with Crippen LogP contribution in [-0.4, -0.2) is 5.78 Å². The molecular weight excluding hydrogens is 1330 g/mol. The number of hydrogen-bond acceptors (Lipinski definition) is 3. The SMILES string of the molecule is CCCCCCCCC1(CCCCCCCC)c2ccccc2-c2ccc(-c3ccc4c(c3)c3c(c5cc(-c6ccc7c(c6)C(CCCCCCCC)(CCCCCCCC)c6ccccc6-7)ccc54)=NC4(N=3)c3ccc5ccccc5c3-c3c(ccc5ccccc35)C43C=C(C(C)(C)C)C(=O)C(C(C)(C)C)=C3)cc21. The van der Waals surface area contributed by atoms with Gasteiger partial charge in [-0.3, -0.25) is 4.79 Å². The number of carbonyl (C=O) groups is 1. The molecule has 0 amide bonds. The number of carbonyl (C=O) groups excluding carboxylic acids is 1. The van der Waals surface area contributed by atoms with E-state index in [1.807, 2.05) is 0 Å². The molecule has 3 heteroatoms. The second-order valence-electron chi connectivity index (χ2n) is 36.2. The molecule has 0 saturated carbocycles. The lowest BCUT2D eigenvalue weighted by molar-refractivity contribution is -0.114. The van der Waals surface area contributed by atoms with E-state index in [0.717, 1.165) is 43.8 Å². The Hall–Kier alpha value is -8.79. The van der Waals surface area contributed by atoms with Gasteiger partial charge in [0, 0.05) is 38.3 Å². The number of Topliss-reactive ketones (excluding diaryl/α,β-unsaturated/α-hetero) is 1. The third-order valence-corrected chi connectivity index (χ3v) is 27.0. The molecule has 1 heterocycles. The number of benzene rings is 11. The highest BCUT2D eigenvalue weighted by Gasteiger charge is 2.61. The molecule has 0 unspecified atom stereocenters. The summed E-state index contributed by atoms with van der Waals surface area (Å²) >= 11 is 0. The zero-order chi connectivity index (χ0) is 76.0. The van der Waals surface area contributed by atoms with Crippen LogP contribution in [-0.2, 0) is 26.7 Å². The third-order valence-electron chi connectivity index (χ3n) is 27.0. The summed E-state index contributed by atoms with van der Waals surface area (Å²) in [6, 6.07) is 76.2. The Kier molecular flexibility index (Phi) is 21.2. The molecule has 0 atom stereocenters. The normalized spacial score (nSPS) is 15.9. The molecule has 4 aliphatic carbocycles. The molecule has 0 bridgehead atoms. The Morgan fingerprint density at radius 3 is 1.04 bits per heavy atom. The average Bonchev–Trinajstić information content (AvgIpc) is 1.25. The van der Waals surface area contributed by atoms with Crippen LogP contribution in [0.4, 0.5) is 0 Å². The van der Waals surface area contributed by atoms with E-state index in [9.17, 15) is 0 Å². The predicted molar refractivity (Wildman–Crippen MR) is 469 cm³/mol. The van der Waals surface area contributed by atoms with E-state index in [4.69, 9.17) is 9.98 Å². The van der Waals surface area contributed by atoms with Gasteiger partial charge in [0.2, 0.25) is 0 Å². The zero-order valence-electron chi connectivity index (χ0n) is 68.2. The number of fused-ring (bicyclic) bond motifs is 22. The maximum absolute atomic E-state index is 15.9. The van der Waals surface area contributed by atoms with Crippen LogP contribution in [0.1, 0.15) is 282 Å². The number of hydrogen-bond donors (Lipinski definition) is 0. The van der Waals surface area contributed by atoms with Gasteiger partial charge < -0.3 is 0 Å². The maximum Gasteiger partial charge on any atom is 0.194 e. The molecule has 1 aliphatic heterocycles. The Balaban J connectivity index is 0.956. The predicted octanol–water partition coefficient (Wildman–Crippen LogP) is 29.7. The summed E-state index contributed by atoms with van der Waals surface area (Å²) in [6.45, 7) is 22.7. The summed E-state index contributed by atoms with van der Waals surface area (Å²) in [5, 5.41) is 11.1. The second kappa shape index (κ2) is 31.1. The molecule has 0 N–H and O–H groups in total. The number of rotatable bonds is 30. The Labute approximate surface area is 658 Å². The first-order chi connectivity index (χ1) is 53.5. The number of allylic oxidation sites excluding steroid dienone is 2. The highest BCUT2D eigenvalue weighted by Crippen LogP contribution is 2.64. The fraction of sp³-hybridized carbons (Fsp3) is 0.411. The quantitative estimate of drug-likeness (QED) is 0.0327. The first-order valence-electron chi connectivity index (χ1n) is 43.6. The fourth-order valence-corrected chi connectivity index (χ4v) is 21.2. The Morgan fingerprint density at radius 2 is 0.627 bits per heavy atom. The van der Waals surface area contributed by atoms with Crippen molar-refractivity contribution in [3.8, 4) is 55.6 Å². The second-order valence-corrected chi connectivity index (χ2v) is 36.2. The van der Waals surface area contributed by atoms with Crippen LogP contribution in [0.5, 0.6) is 0 Å². The minimum atomic E-state index is -1.33. The lowest BCUT2D eigenvalue weighted by Crippen LogP contribution is -2.50. The van der Waals surface area contributed by atoms with Crippen molar-refractivity contribution in [1.29, 1.82) is 0 Å². The lowest BCUT2D eigenvalue weighted by Gasteiger charge is -2.50. The van der Waals surface area contributed by atoms with Crippen molar-refractivity contribution in [1.82, 2.24) is 0 Å². The van der Waals surface area contributed by atoms with Crippen LogP contribution in [0.2, 0.25) is 0 Å². The molecule has 5 aliphatic rings. The van der Waals surface area contributed by atoms with Gasteiger partial charge in [0.1, 0.15) is 0 Å². The highest BCUT2D eigenvalue weighted by atomic mass is 16.1. The van der Waals surface area contributed by atoms with Crippen molar-refractivity contribution in [3.63, 3.8) is 0 Å². The van der Waals surface area contributed by atoms with Crippen molar-refractivity contribution in [3.05, 3.63) is 262 Å². The molecule has 564 valence electrons. The molecule has 3 nitrogen and oxygen atoms in total. The largest absolute Gasteiger partial charge is 0.289 e.